The lowest BCUT2D eigenvalue weighted by molar-refractivity contribution is 0.359. The van der Waals surface area contributed by atoms with Gasteiger partial charge in [-0.15, -0.1) is 0 Å². The molecule has 0 aliphatic carbocycles. The van der Waals surface area contributed by atoms with Crippen molar-refractivity contribution in [2.75, 3.05) is 12.4 Å². The van der Waals surface area contributed by atoms with Gasteiger partial charge in [0.15, 0.2) is 5.11 Å². The summed E-state index contributed by atoms with van der Waals surface area (Å²) in [5.74, 6) is 1.50. The number of furan rings is 1. The predicted molar refractivity (Wildman–Crippen MR) is 131 cm³/mol. The van der Waals surface area contributed by atoms with Gasteiger partial charge in [0.2, 0.25) is 0 Å². The van der Waals surface area contributed by atoms with Gasteiger partial charge < -0.3 is 24.4 Å². The first-order chi connectivity index (χ1) is 15.4. The Morgan fingerprint density at radius 3 is 2.66 bits per heavy atom. The molecule has 32 heavy (non-hydrogen) atoms. The molecular formula is C24H22ClN3O3S. The maximum Gasteiger partial charge on any atom is 0.253 e. The Hall–Kier alpha value is -3.29. The highest BCUT2D eigenvalue weighted by molar-refractivity contribution is 7.80. The minimum atomic E-state index is -0.186. The molecule has 0 radical (unpaired) electrons. The molecule has 164 valence electrons. The zero-order chi connectivity index (χ0) is 22.7. The summed E-state index contributed by atoms with van der Waals surface area (Å²) in [6.45, 7) is 2.64. The van der Waals surface area contributed by atoms with Gasteiger partial charge in [0, 0.05) is 21.8 Å². The van der Waals surface area contributed by atoms with E-state index in [0.29, 0.717) is 34.3 Å². The summed E-state index contributed by atoms with van der Waals surface area (Å²) in [6.07, 6.45) is 1.61. The van der Waals surface area contributed by atoms with Crippen LogP contribution in [-0.4, -0.2) is 22.1 Å². The Balaban J connectivity index is 1.62. The summed E-state index contributed by atoms with van der Waals surface area (Å²) < 4.78 is 10.7. The minimum Gasteiger partial charge on any atom is -0.497 e. The SMILES string of the molecule is COc1ccc(NC(=S)N(Cc2ccco2)Cc2cc3cc(C)c(Cl)cc3[nH]c2=O)cc1. The highest BCUT2D eigenvalue weighted by atomic mass is 35.5. The summed E-state index contributed by atoms with van der Waals surface area (Å²) in [4.78, 5) is 17.6. The number of H-pyrrole nitrogens is 1. The summed E-state index contributed by atoms with van der Waals surface area (Å²) >= 11 is 11.9. The number of ether oxygens (including phenoxy) is 1. The van der Waals surface area contributed by atoms with Crippen LogP contribution in [0.4, 0.5) is 5.69 Å². The lowest BCUT2D eigenvalue weighted by Crippen LogP contribution is -2.35. The van der Waals surface area contributed by atoms with E-state index in [-0.39, 0.29) is 5.56 Å². The molecule has 0 aliphatic heterocycles. The molecule has 8 heteroatoms. The van der Waals surface area contributed by atoms with Crippen LogP contribution in [0, 0.1) is 6.92 Å². The summed E-state index contributed by atoms with van der Waals surface area (Å²) in [7, 11) is 1.62. The lowest BCUT2D eigenvalue weighted by atomic mass is 10.1. The molecule has 6 nitrogen and oxygen atoms in total. The van der Waals surface area contributed by atoms with Gasteiger partial charge in [-0.05, 0) is 84.7 Å². The second kappa shape index (κ2) is 9.46. The summed E-state index contributed by atoms with van der Waals surface area (Å²) in [5, 5.41) is 5.23. The number of rotatable bonds is 6. The molecule has 0 saturated carbocycles. The number of nitrogens with zero attached hydrogens (tertiary/aromatic N) is 1. The zero-order valence-electron chi connectivity index (χ0n) is 17.6. The van der Waals surface area contributed by atoms with Crippen LogP contribution in [0.2, 0.25) is 5.02 Å². The zero-order valence-corrected chi connectivity index (χ0v) is 19.2. The van der Waals surface area contributed by atoms with Gasteiger partial charge in [-0.25, -0.2) is 0 Å². The Morgan fingerprint density at radius 2 is 1.97 bits per heavy atom. The maximum absolute atomic E-state index is 12.8. The van der Waals surface area contributed by atoms with Crippen molar-refractivity contribution in [1.29, 1.82) is 0 Å². The highest BCUT2D eigenvalue weighted by Crippen LogP contribution is 2.23. The molecule has 4 aromatic rings. The molecule has 0 unspecified atom stereocenters. The molecule has 0 bridgehead atoms. The van der Waals surface area contributed by atoms with Gasteiger partial charge in [0.05, 0.1) is 26.5 Å². The number of aryl methyl sites for hydroxylation is 1. The fourth-order valence-electron chi connectivity index (χ4n) is 3.38. The average molecular weight is 468 g/mol. The van der Waals surface area contributed by atoms with Gasteiger partial charge >= 0.3 is 0 Å². The highest BCUT2D eigenvalue weighted by Gasteiger charge is 2.16. The van der Waals surface area contributed by atoms with E-state index in [9.17, 15) is 4.79 Å². The normalized spacial score (nSPS) is 10.8. The van der Waals surface area contributed by atoms with Crippen molar-refractivity contribution in [3.63, 3.8) is 0 Å². The van der Waals surface area contributed by atoms with E-state index in [1.165, 1.54) is 0 Å². The van der Waals surface area contributed by atoms with E-state index in [2.05, 4.69) is 10.3 Å². The van der Waals surface area contributed by atoms with E-state index in [1.54, 1.807) is 19.4 Å². The molecule has 0 amide bonds. The van der Waals surface area contributed by atoms with E-state index >= 15 is 0 Å². The molecule has 0 fully saturated rings. The van der Waals surface area contributed by atoms with Crippen LogP contribution >= 0.6 is 23.8 Å². The fraction of sp³-hybridized carbons (Fsp3) is 0.167. The molecule has 2 N–H and O–H groups in total. The number of hydrogen-bond donors (Lipinski definition) is 2. The molecular weight excluding hydrogens is 446 g/mol. The van der Waals surface area contributed by atoms with Crippen LogP contribution in [-0.2, 0) is 13.1 Å². The van der Waals surface area contributed by atoms with E-state index < -0.39 is 0 Å². The van der Waals surface area contributed by atoms with Crippen LogP contribution < -0.4 is 15.6 Å². The number of methoxy groups -OCH3 is 1. The smallest absolute Gasteiger partial charge is 0.253 e. The van der Waals surface area contributed by atoms with Gasteiger partial charge in [-0.1, -0.05) is 11.6 Å². The average Bonchev–Trinajstić information content (AvgIpc) is 3.29. The third-order valence-electron chi connectivity index (χ3n) is 5.12. The lowest BCUT2D eigenvalue weighted by Gasteiger charge is -2.25. The van der Waals surface area contributed by atoms with E-state index in [0.717, 1.165) is 28.1 Å². The first-order valence-corrected chi connectivity index (χ1v) is 10.8. The van der Waals surface area contributed by atoms with Crippen molar-refractivity contribution in [3.8, 4) is 5.75 Å². The van der Waals surface area contributed by atoms with Gasteiger partial charge in [-0.3, -0.25) is 4.79 Å². The summed E-state index contributed by atoms with van der Waals surface area (Å²) in [6, 6.07) is 16.8. The molecule has 2 heterocycles. The first-order valence-electron chi connectivity index (χ1n) is 9.97. The maximum atomic E-state index is 12.8. The van der Waals surface area contributed by atoms with Crippen molar-refractivity contribution >= 4 is 45.5 Å². The Labute approximate surface area is 195 Å². The number of thiocarbonyl (C=S) groups is 1. The second-order valence-electron chi connectivity index (χ2n) is 7.41. The fourth-order valence-corrected chi connectivity index (χ4v) is 3.79. The molecule has 2 aromatic carbocycles. The van der Waals surface area contributed by atoms with Crippen LogP contribution in [0.5, 0.6) is 5.75 Å². The number of aromatic nitrogens is 1. The number of pyridine rings is 1. The molecule has 0 aliphatic rings. The van der Waals surface area contributed by atoms with Crippen LogP contribution in [0.25, 0.3) is 10.9 Å². The standard InChI is InChI=1S/C24H22ClN3O3S/c1-15-10-16-11-17(23(29)27-22(16)12-21(15)25)13-28(14-20-4-3-9-31-20)24(32)26-18-5-7-19(30-2)8-6-18/h3-12H,13-14H2,1-2H3,(H,26,32)(H,27,29). The predicted octanol–water partition coefficient (Wildman–Crippen LogP) is 5.49. The van der Waals surface area contributed by atoms with Crippen molar-refractivity contribution in [1.82, 2.24) is 9.88 Å². The number of hydrogen-bond acceptors (Lipinski definition) is 4. The molecule has 2 aromatic heterocycles. The third kappa shape index (κ3) is 4.95. The number of aromatic amines is 1. The number of anilines is 1. The van der Waals surface area contributed by atoms with E-state index in [1.807, 2.05) is 60.4 Å². The molecule has 4 rings (SSSR count). The Morgan fingerprint density at radius 1 is 1.19 bits per heavy atom. The minimum absolute atomic E-state index is 0.186. The second-order valence-corrected chi connectivity index (χ2v) is 8.20. The van der Waals surface area contributed by atoms with Crippen LogP contribution in [0.15, 0.2) is 70.1 Å². The first kappa shape index (κ1) is 21.9. The monoisotopic (exact) mass is 467 g/mol. The molecule has 0 saturated heterocycles. The van der Waals surface area contributed by atoms with Crippen LogP contribution in [0.3, 0.4) is 0 Å². The van der Waals surface area contributed by atoms with Gasteiger partial charge in [0.1, 0.15) is 11.5 Å². The molecule has 0 atom stereocenters. The van der Waals surface area contributed by atoms with E-state index in [4.69, 9.17) is 33.0 Å². The topological polar surface area (TPSA) is 70.5 Å². The Bertz CT molecular complexity index is 1300. The van der Waals surface area contributed by atoms with Gasteiger partial charge in [-0.2, -0.15) is 0 Å². The molecule has 0 spiro atoms. The quantitative estimate of drug-likeness (QED) is 0.365. The van der Waals surface area contributed by atoms with Gasteiger partial charge in [0.25, 0.3) is 5.56 Å². The van der Waals surface area contributed by atoms with Crippen molar-refractivity contribution in [2.24, 2.45) is 0 Å². The summed E-state index contributed by atoms with van der Waals surface area (Å²) in [5.41, 5.74) is 2.86. The third-order valence-corrected chi connectivity index (χ3v) is 5.88. The van der Waals surface area contributed by atoms with Crippen molar-refractivity contribution in [3.05, 3.63) is 93.1 Å². The largest absolute Gasteiger partial charge is 0.497 e. The number of fused-ring (bicyclic) bond motifs is 1. The Kier molecular flexibility index (Phi) is 6.48. The number of halogens is 1. The number of nitrogens with one attached hydrogen (secondary N) is 2. The van der Waals surface area contributed by atoms with Crippen molar-refractivity contribution < 1.29 is 9.15 Å². The van der Waals surface area contributed by atoms with Crippen molar-refractivity contribution in [2.45, 2.75) is 20.0 Å². The van der Waals surface area contributed by atoms with Crippen LogP contribution in [0.1, 0.15) is 16.9 Å². The number of benzene rings is 2.